The maximum absolute atomic E-state index is 4.82. The summed E-state index contributed by atoms with van der Waals surface area (Å²) in [5.74, 6) is 4.60. The Kier molecular flexibility index (Phi) is 5.95. The summed E-state index contributed by atoms with van der Waals surface area (Å²) < 4.78 is 1.06. The lowest BCUT2D eigenvalue weighted by Gasteiger charge is -2.15. The van der Waals surface area contributed by atoms with Gasteiger partial charge in [-0.05, 0) is 40.9 Å². The first-order valence-corrected chi connectivity index (χ1v) is 9.02. The highest BCUT2D eigenvalue weighted by atomic mass is 79.9. The lowest BCUT2D eigenvalue weighted by atomic mass is 10.0. The Labute approximate surface area is 128 Å². The molecule has 0 radical (unpaired) electrons. The molecule has 106 valence electrons. The van der Waals surface area contributed by atoms with Gasteiger partial charge >= 0.3 is 0 Å². The molecule has 0 aliphatic heterocycles. The van der Waals surface area contributed by atoms with Crippen molar-refractivity contribution in [3.05, 3.63) is 16.0 Å². The Morgan fingerprint density at radius 2 is 2.05 bits per heavy atom. The van der Waals surface area contributed by atoms with Gasteiger partial charge in [-0.2, -0.15) is 11.8 Å². The summed E-state index contributed by atoms with van der Waals surface area (Å²) in [5.41, 5.74) is 1.21. The van der Waals surface area contributed by atoms with Crippen molar-refractivity contribution in [3.8, 4) is 0 Å². The van der Waals surface area contributed by atoms with Crippen molar-refractivity contribution in [1.82, 2.24) is 9.97 Å². The molecule has 1 aliphatic carbocycles. The maximum Gasteiger partial charge on any atom is 0.144 e. The molecule has 1 heterocycles. The highest BCUT2D eigenvalue weighted by molar-refractivity contribution is 9.10. The van der Waals surface area contributed by atoms with Crippen LogP contribution in [0, 0.1) is 0 Å². The summed E-state index contributed by atoms with van der Waals surface area (Å²) in [4.78, 5) is 9.42. The van der Waals surface area contributed by atoms with Gasteiger partial charge in [-0.15, -0.1) is 0 Å². The lowest BCUT2D eigenvalue weighted by molar-refractivity contribution is 0.684. The van der Waals surface area contributed by atoms with E-state index in [2.05, 4.69) is 33.2 Å². The van der Waals surface area contributed by atoms with Gasteiger partial charge in [-0.3, -0.25) is 0 Å². The standard InChI is InChI=1S/C14H22BrN3S/c1-3-8-19-9-11-17-13(10-6-4-5-7-10)12(15)14(16-2)18-11/h10H,3-9H2,1-2H3,(H,16,17,18). The summed E-state index contributed by atoms with van der Waals surface area (Å²) in [7, 11) is 1.93. The van der Waals surface area contributed by atoms with Crippen LogP contribution in [0.1, 0.15) is 56.5 Å². The van der Waals surface area contributed by atoms with E-state index in [4.69, 9.17) is 4.98 Å². The largest absolute Gasteiger partial charge is 0.372 e. The molecule has 1 saturated carbocycles. The molecule has 0 amide bonds. The monoisotopic (exact) mass is 343 g/mol. The van der Waals surface area contributed by atoms with E-state index in [0.717, 1.165) is 21.9 Å². The third-order valence-electron chi connectivity index (χ3n) is 3.48. The van der Waals surface area contributed by atoms with Gasteiger partial charge < -0.3 is 5.32 Å². The SMILES string of the molecule is CCCSCc1nc(NC)c(Br)c(C2CCCC2)n1. The number of hydrogen-bond acceptors (Lipinski definition) is 4. The molecule has 1 aromatic rings. The summed E-state index contributed by atoms with van der Waals surface area (Å²) in [6.07, 6.45) is 6.39. The van der Waals surface area contributed by atoms with Crippen molar-refractivity contribution < 1.29 is 0 Å². The van der Waals surface area contributed by atoms with E-state index >= 15 is 0 Å². The summed E-state index contributed by atoms with van der Waals surface area (Å²) in [5, 5.41) is 3.18. The smallest absolute Gasteiger partial charge is 0.144 e. The Bertz CT molecular complexity index is 419. The number of thioether (sulfide) groups is 1. The molecule has 2 rings (SSSR count). The van der Waals surface area contributed by atoms with Crippen molar-refractivity contribution in [2.45, 2.75) is 50.7 Å². The third kappa shape index (κ3) is 3.85. The fraction of sp³-hybridized carbons (Fsp3) is 0.714. The zero-order chi connectivity index (χ0) is 13.7. The molecular weight excluding hydrogens is 322 g/mol. The zero-order valence-electron chi connectivity index (χ0n) is 11.7. The Hall–Kier alpha value is -0.290. The van der Waals surface area contributed by atoms with Crippen LogP contribution >= 0.6 is 27.7 Å². The lowest BCUT2D eigenvalue weighted by Crippen LogP contribution is -2.07. The van der Waals surface area contributed by atoms with E-state index < -0.39 is 0 Å². The second-order valence-electron chi connectivity index (χ2n) is 4.97. The molecule has 0 saturated heterocycles. The second kappa shape index (κ2) is 7.48. The van der Waals surface area contributed by atoms with Crippen LogP contribution in [0.25, 0.3) is 0 Å². The minimum absolute atomic E-state index is 0.611. The molecule has 3 nitrogen and oxygen atoms in total. The van der Waals surface area contributed by atoms with Crippen molar-refractivity contribution in [2.75, 3.05) is 18.1 Å². The van der Waals surface area contributed by atoms with Gasteiger partial charge in [-0.1, -0.05) is 19.8 Å². The first-order valence-electron chi connectivity index (χ1n) is 7.08. The van der Waals surface area contributed by atoms with Gasteiger partial charge in [-0.25, -0.2) is 9.97 Å². The minimum Gasteiger partial charge on any atom is -0.372 e. The van der Waals surface area contributed by atoms with E-state index in [1.807, 2.05) is 18.8 Å². The van der Waals surface area contributed by atoms with Gasteiger partial charge in [0.1, 0.15) is 11.6 Å². The molecule has 1 N–H and O–H groups in total. The molecule has 0 spiro atoms. The minimum atomic E-state index is 0.611. The van der Waals surface area contributed by atoms with Crippen LogP contribution < -0.4 is 5.32 Å². The van der Waals surface area contributed by atoms with E-state index in [-0.39, 0.29) is 0 Å². The Morgan fingerprint density at radius 1 is 1.32 bits per heavy atom. The van der Waals surface area contributed by atoms with Crippen LogP contribution in [0.2, 0.25) is 0 Å². The van der Waals surface area contributed by atoms with Crippen molar-refractivity contribution >= 4 is 33.5 Å². The molecule has 0 aromatic carbocycles. The van der Waals surface area contributed by atoms with Gasteiger partial charge in [0, 0.05) is 13.0 Å². The number of aromatic nitrogens is 2. The van der Waals surface area contributed by atoms with E-state index in [0.29, 0.717) is 5.92 Å². The normalized spacial score (nSPS) is 15.9. The summed E-state index contributed by atoms with van der Waals surface area (Å²) in [6, 6.07) is 0. The predicted molar refractivity (Wildman–Crippen MR) is 86.9 cm³/mol. The zero-order valence-corrected chi connectivity index (χ0v) is 14.1. The molecule has 5 heteroatoms. The Morgan fingerprint density at radius 3 is 2.68 bits per heavy atom. The van der Waals surface area contributed by atoms with Gasteiger partial charge in [0.2, 0.25) is 0 Å². The van der Waals surface area contributed by atoms with Crippen LogP contribution in [-0.2, 0) is 5.75 Å². The Balaban J connectivity index is 2.21. The van der Waals surface area contributed by atoms with Gasteiger partial charge in [0.15, 0.2) is 0 Å². The molecule has 0 bridgehead atoms. The molecule has 1 aliphatic rings. The molecule has 1 fully saturated rings. The number of nitrogens with one attached hydrogen (secondary N) is 1. The van der Waals surface area contributed by atoms with Crippen LogP contribution in [0.3, 0.4) is 0 Å². The van der Waals surface area contributed by atoms with E-state index in [1.54, 1.807) is 0 Å². The molecule has 0 unspecified atom stereocenters. The highest BCUT2D eigenvalue weighted by Gasteiger charge is 2.23. The van der Waals surface area contributed by atoms with Gasteiger partial charge in [0.25, 0.3) is 0 Å². The number of nitrogens with zero attached hydrogens (tertiary/aromatic N) is 2. The molecular formula is C14H22BrN3S. The summed E-state index contributed by atoms with van der Waals surface area (Å²) in [6.45, 7) is 2.21. The van der Waals surface area contributed by atoms with Crippen LogP contribution in [0.15, 0.2) is 4.47 Å². The predicted octanol–water partition coefficient (Wildman–Crippen LogP) is 4.58. The van der Waals surface area contributed by atoms with E-state index in [1.165, 1.54) is 43.6 Å². The second-order valence-corrected chi connectivity index (χ2v) is 6.87. The first-order chi connectivity index (χ1) is 9.26. The number of halogens is 1. The van der Waals surface area contributed by atoms with Crippen LogP contribution in [0.4, 0.5) is 5.82 Å². The molecule has 19 heavy (non-hydrogen) atoms. The van der Waals surface area contributed by atoms with Gasteiger partial charge in [0.05, 0.1) is 15.9 Å². The van der Waals surface area contributed by atoms with Crippen molar-refractivity contribution in [3.63, 3.8) is 0 Å². The number of rotatable bonds is 6. The third-order valence-corrected chi connectivity index (χ3v) is 5.42. The average Bonchev–Trinajstić information content (AvgIpc) is 2.94. The average molecular weight is 344 g/mol. The highest BCUT2D eigenvalue weighted by Crippen LogP contribution is 2.38. The summed E-state index contributed by atoms with van der Waals surface area (Å²) >= 11 is 5.59. The fourth-order valence-electron chi connectivity index (χ4n) is 2.52. The van der Waals surface area contributed by atoms with Crippen LogP contribution in [-0.4, -0.2) is 22.8 Å². The molecule has 1 aromatic heterocycles. The van der Waals surface area contributed by atoms with Crippen molar-refractivity contribution in [2.24, 2.45) is 0 Å². The number of anilines is 1. The number of hydrogen-bond donors (Lipinski definition) is 1. The van der Waals surface area contributed by atoms with Crippen molar-refractivity contribution in [1.29, 1.82) is 0 Å². The molecule has 0 atom stereocenters. The first kappa shape index (κ1) is 15.1. The maximum atomic E-state index is 4.82. The van der Waals surface area contributed by atoms with Crippen LogP contribution in [0.5, 0.6) is 0 Å². The fourth-order valence-corrected chi connectivity index (χ4v) is 3.96. The topological polar surface area (TPSA) is 37.8 Å². The van der Waals surface area contributed by atoms with E-state index in [9.17, 15) is 0 Å². The quantitative estimate of drug-likeness (QED) is 0.767.